The van der Waals surface area contributed by atoms with Crippen molar-refractivity contribution >= 4 is 23.1 Å². The molecule has 0 fully saturated rings. The van der Waals surface area contributed by atoms with E-state index in [9.17, 15) is 0 Å². The zero-order valence-electron chi connectivity index (χ0n) is 12.0. The van der Waals surface area contributed by atoms with E-state index in [2.05, 4.69) is 29.4 Å². The quantitative estimate of drug-likeness (QED) is 0.819. The summed E-state index contributed by atoms with van der Waals surface area (Å²) in [4.78, 5) is 4.53. The standard InChI is InChI=1S/C15H20N2OS2/c1-4-13(16)14(20-15-17-10(2)9-19-15)11-5-7-12(18-3)8-6-11/h5-9,13-14H,4,16H2,1-3H3. The predicted octanol–water partition coefficient (Wildman–Crippen LogP) is 4.03. The fraction of sp³-hybridized carbons (Fsp3) is 0.400. The molecule has 1 heterocycles. The van der Waals surface area contributed by atoms with Gasteiger partial charge in [0.05, 0.1) is 12.4 Å². The van der Waals surface area contributed by atoms with E-state index < -0.39 is 0 Å². The summed E-state index contributed by atoms with van der Waals surface area (Å²) in [6.45, 7) is 4.14. The lowest BCUT2D eigenvalue weighted by Crippen LogP contribution is -2.25. The van der Waals surface area contributed by atoms with Gasteiger partial charge in [-0.1, -0.05) is 30.8 Å². The molecular formula is C15H20N2OS2. The summed E-state index contributed by atoms with van der Waals surface area (Å²) in [7, 11) is 1.68. The van der Waals surface area contributed by atoms with Crippen LogP contribution in [0.5, 0.6) is 5.75 Å². The van der Waals surface area contributed by atoms with Gasteiger partial charge in [-0.15, -0.1) is 11.3 Å². The summed E-state index contributed by atoms with van der Waals surface area (Å²) < 4.78 is 6.29. The van der Waals surface area contributed by atoms with Gasteiger partial charge in [-0.25, -0.2) is 4.98 Å². The molecule has 2 N–H and O–H groups in total. The number of thiazole rings is 1. The molecule has 2 unspecified atom stereocenters. The van der Waals surface area contributed by atoms with E-state index >= 15 is 0 Å². The number of hydrogen-bond donors (Lipinski definition) is 1. The van der Waals surface area contributed by atoms with Gasteiger partial charge >= 0.3 is 0 Å². The number of nitrogens with zero attached hydrogens (tertiary/aromatic N) is 1. The number of thioether (sulfide) groups is 1. The van der Waals surface area contributed by atoms with Crippen LogP contribution < -0.4 is 10.5 Å². The van der Waals surface area contributed by atoms with Crippen LogP contribution in [-0.2, 0) is 0 Å². The number of benzene rings is 1. The van der Waals surface area contributed by atoms with E-state index in [1.807, 2.05) is 19.1 Å². The summed E-state index contributed by atoms with van der Waals surface area (Å²) in [6, 6.07) is 8.26. The van der Waals surface area contributed by atoms with Crippen molar-refractivity contribution in [2.45, 2.75) is 35.9 Å². The largest absolute Gasteiger partial charge is 0.497 e. The SMILES string of the molecule is CCC(N)C(Sc1nc(C)cs1)c1ccc(OC)cc1. The highest BCUT2D eigenvalue weighted by Crippen LogP contribution is 2.39. The van der Waals surface area contributed by atoms with Gasteiger partial charge in [0.2, 0.25) is 0 Å². The molecule has 0 radical (unpaired) electrons. The number of hydrogen-bond acceptors (Lipinski definition) is 5. The predicted molar refractivity (Wildman–Crippen MR) is 86.7 cm³/mol. The minimum Gasteiger partial charge on any atom is -0.497 e. The Balaban J connectivity index is 2.22. The van der Waals surface area contributed by atoms with Crippen LogP contribution in [0.15, 0.2) is 34.0 Å². The van der Waals surface area contributed by atoms with Crippen LogP contribution in [0.3, 0.4) is 0 Å². The normalized spacial score (nSPS) is 14.0. The summed E-state index contributed by atoms with van der Waals surface area (Å²) >= 11 is 3.43. The van der Waals surface area contributed by atoms with Gasteiger partial charge in [0.1, 0.15) is 5.75 Å². The average molecular weight is 308 g/mol. The zero-order valence-corrected chi connectivity index (χ0v) is 13.6. The number of nitrogens with two attached hydrogens (primary N) is 1. The number of aryl methyl sites for hydroxylation is 1. The van der Waals surface area contributed by atoms with Gasteiger partial charge in [-0.2, -0.15) is 0 Å². The van der Waals surface area contributed by atoms with Crippen LogP contribution in [0.4, 0.5) is 0 Å². The van der Waals surface area contributed by atoms with Gasteiger partial charge in [0.15, 0.2) is 4.34 Å². The maximum atomic E-state index is 6.30. The lowest BCUT2D eigenvalue weighted by Gasteiger charge is -2.22. The molecular weight excluding hydrogens is 288 g/mol. The summed E-state index contributed by atoms with van der Waals surface area (Å²) in [5, 5.41) is 2.29. The van der Waals surface area contributed by atoms with Crippen molar-refractivity contribution in [2.75, 3.05) is 7.11 Å². The van der Waals surface area contributed by atoms with E-state index in [-0.39, 0.29) is 11.3 Å². The Bertz CT molecular complexity index is 539. The minimum absolute atomic E-state index is 0.109. The maximum absolute atomic E-state index is 6.30. The first-order valence-corrected chi connectivity index (χ1v) is 8.38. The second-order valence-electron chi connectivity index (χ2n) is 4.64. The molecule has 0 bridgehead atoms. The lowest BCUT2D eigenvalue weighted by molar-refractivity contribution is 0.414. The molecule has 1 aromatic carbocycles. The molecule has 0 aliphatic carbocycles. The highest BCUT2D eigenvalue weighted by atomic mass is 32.2. The monoisotopic (exact) mass is 308 g/mol. The fourth-order valence-corrected chi connectivity index (χ4v) is 4.18. The Labute approximate surface area is 128 Å². The Morgan fingerprint density at radius 3 is 2.55 bits per heavy atom. The Morgan fingerprint density at radius 2 is 2.05 bits per heavy atom. The van der Waals surface area contributed by atoms with Crippen molar-refractivity contribution in [3.8, 4) is 5.75 Å². The van der Waals surface area contributed by atoms with Crippen molar-refractivity contribution < 1.29 is 4.74 Å². The maximum Gasteiger partial charge on any atom is 0.150 e. The first-order chi connectivity index (χ1) is 9.63. The summed E-state index contributed by atoms with van der Waals surface area (Å²) in [5.41, 5.74) is 8.59. The van der Waals surface area contributed by atoms with Crippen LogP contribution in [0, 0.1) is 6.92 Å². The summed E-state index contributed by atoms with van der Waals surface area (Å²) in [6.07, 6.45) is 0.939. The molecule has 0 amide bonds. The van der Waals surface area contributed by atoms with E-state index in [0.717, 1.165) is 22.2 Å². The molecule has 20 heavy (non-hydrogen) atoms. The molecule has 2 aromatic rings. The topological polar surface area (TPSA) is 48.1 Å². The molecule has 0 spiro atoms. The second kappa shape index (κ2) is 7.11. The minimum atomic E-state index is 0.109. The van der Waals surface area contributed by atoms with Crippen LogP contribution in [0.1, 0.15) is 29.9 Å². The molecule has 108 valence electrons. The third-order valence-corrected chi connectivity index (χ3v) is 5.63. The number of ether oxygens (including phenoxy) is 1. The van der Waals surface area contributed by atoms with Crippen LogP contribution >= 0.6 is 23.1 Å². The van der Waals surface area contributed by atoms with Gasteiger partial charge in [0.25, 0.3) is 0 Å². The third kappa shape index (κ3) is 3.75. The van der Waals surface area contributed by atoms with Crippen LogP contribution in [0.2, 0.25) is 0 Å². The van der Waals surface area contributed by atoms with Crippen LogP contribution in [-0.4, -0.2) is 18.1 Å². The first kappa shape index (κ1) is 15.4. The molecule has 0 saturated heterocycles. The van der Waals surface area contributed by atoms with Crippen molar-refractivity contribution in [1.29, 1.82) is 0 Å². The van der Waals surface area contributed by atoms with E-state index in [0.29, 0.717) is 0 Å². The van der Waals surface area contributed by atoms with E-state index in [4.69, 9.17) is 10.5 Å². The number of rotatable bonds is 6. The molecule has 2 atom stereocenters. The molecule has 0 aliphatic heterocycles. The average Bonchev–Trinajstić information content (AvgIpc) is 2.89. The molecule has 3 nitrogen and oxygen atoms in total. The molecule has 0 saturated carbocycles. The highest BCUT2D eigenvalue weighted by molar-refractivity contribution is 8.01. The van der Waals surface area contributed by atoms with Gasteiger partial charge < -0.3 is 10.5 Å². The van der Waals surface area contributed by atoms with Gasteiger partial charge in [-0.05, 0) is 31.0 Å². The lowest BCUT2D eigenvalue weighted by atomic mass is 10.0. The fourth-order valence-electron chi connectivity index (χ4n) is 1.91. The van der Waals surface area contributed by atoms with Crippen molar-refractivity contribution in [3.63, 3.8) is 0 Å². The third-order valence-electron chi connectivity index (χ3n) is 3.13. The smallest absolute Gasteiger partial charge is 0.150 e. The molecule has 0 aliphatic rings. The second-order valence-corrected chi connectivity index (χ2v) is 6.89. The molecule has 5 heteroatoms. The van der Waals surface area contributed by atoms with Crippen molar-refractivity contribution in [1.82, 2.24) is 4.98 Å². The van der Waals surface area contributed by atoms with Gasteiger partial charge in [-0.3, -0.25) is 0 Å². The van der Waals surface area contributed by atoms with Gasteiger partial charge in [0, 0.05) is 17.1 Å². The Kier molecular flexibility index (Phi) is 5.46. The number of aromatic nitrogens is 1. The van der Waals surface area contributed by atoms with Crippen molar-refractivity contribution in [3.05, 3.63) is 40.9 Å². The Morgan fingerprint density at radius 1 is 1.35 bits per heavy atom. The van der Waals surface area contributed by atoms with E-state index in [1.165, 1.54) is 5.56 Å². The van der Waals surface area contributed by atoms with Crippen LogP contribution in [0.25, 0.3) is 0 Å². The first-order valence-electron chi connectivity index (χ1n) is 6.62. The summed E-state index contributed by atoms with van der Waals surface area (Å²) in [5.74, 6) is 0.868. The molecule has 2 rings (SSSR count). The zero-order chi connectivity index (χ0) is 14.5. The van der Waals surface area contributed by atoms with E-state index in [1.54, 1.807) is 30.2 Å². The highest BCUT2D eigenvalue weighted by Gasteiger charge is 2.21. The molecule has 1 aromatic heterocycles. The van der Waals surface area contributed by atoms with Crippen molar-refractivity contribution in [2.24, 2.45) is 5.73 Å². The number of methoxy groups -OCH3 is 1. The Hall–Kier alpha value is -1.04.